The molecule has 5 aromatic rings. The number of aryl methyl sites for hydroxylation is 1. The van der Waals surface area contributed by atoms with E-state index in [4.69, 9.17) is 5.10 Å². The highest BCUT2D eigenvalue weighted by atomic mass is 32.2. The van der Waals surface area contributed by atoms with E-state index in [9.17, 15) is 8.42 Å². The van der Waals surface area contributed by atoms with E-state index in [1.165, 1.54) is 0 Å². The van der Waals surface area contributed by atoms with E-state index in [2.05, 4.69) is 19.9 Å². The number of benzene rings is 2. The number of thioether (sulfide) groups is 1. The van der Waals surface area contributed by atoms with Gasteiger partial charge in [0.05, 0.1) is 16.3 Å². The summed E-state index contributed by atoms with van der Waals surface area (Å²) in [5.41, 5.74) is 3.50. The van der Waals surface area contributed by atoms with Crippen molar-refractivity contribution in [1.29, 1.82) is 0 Å². The molecule has 172 valence electrons. The molecule has 0 aliphatic carbocycles. The second kappa shape index (κ2) is 9.13. The first-order valence-corrected chi connectivity index (χ1v) is 13.5. The summed E-state index contributed by atoms with van der Waals surface area (Å²) >= 11 is 1.64. The molecular formula is C24H22N6O2S2. The maximum atomic E-state index is 13.2. The first-order valence-electron chi connectivity index (χ1n) is 10.6. The second-order valence-corrected chi connectivity index (χ2v) is 10.4. The summed E-state index contributed by atoms with van der Waals surface area (Å²) in [6.07, 6.45) is 5.29. The number of hydrogen-bond acceptors (Lipinski definition) is 7. The monoisotopic (exact) mass is 490 g/mol. The third-order valence-corrected chi connectivity index (χ3v) is 7.63. The Morgan fingerprint density at radius 1 is 1.03 bits per heavy atom. The van der Waals surface area contributed by atoms with Crippen LogP contribution in [0.3, 0.4) is 0 Å². The van der Waals surface area contributed by atoms with Gasteiger partial charge in [0, 0.05) is 35.3 Å². The van der Waals surface area contributed by atoms with E-state index in [1.807, 2.05) is 48.7 Å². The third kappa shape index (κ3) is 4.15. The zero-order valence-corrected chi connectivity index (χ0v) is 20.3. The Balaban J connectivity index is 1.62. The molecule has 34 heavy (non-hydrogen) atoms. The molecule has 0 spiro atoms. The maximum Gasteiger partial charge on any atom is 0.241 e. The average Bonchev–Trinajstić information content (AvgIpc) is 3.26. The topological polar surface area (TPSA) is 102 Å². The summed E-state index contributed by atoms with van der Waals surface area (Å²) in [4.78, 5) is 4.26. The van der Waals surface area contributed by atoms with Crippen molar-refractivity contribution in [2.75, 3.05) is 6.26 Å². The first kappa shape index (κ1) is 22.5. The molecule has 0 saturated carbocycles. The molecule has 10 heteroatoms. The fraction of sp³-hybridized carbons (Fsp3) is 0.167. The predicted octanol–water partition coefficient (Wildman–Crippen LogP) is 3.99. The van der Waals surface area contributed by atoms with Crippen molar-refractivity contribution >= 4 is 38.2 Å². The smallest absolute Gasteiger partial charge is 0.241 e. The lowest BCUT2D eigenvalue weighted by Crippen LogP contribution is -2.24. The van der Waals surface area contributed by atoms with Crippen LogP contribution in [0.5, 0.6) is 0 Å². The Bertz CT molecular complexity index is 1600. The molecule has 0 fully saturated rings. The average molecular weight is 491 g/mol. The Morgan fingerprint density at radius 3 is 2.62 bits per heavy atom. The van der Waals surface area contributed by atoms with Crippen LogP contribution >= 0.6 is 11.8 Å². The lowest BCUT2D eigenvalue weighted by molar-refractivity contribution is 0.580. The van der Waals surface area contributed by atoms with Gasteiger partial charge in [0.25, 0.3) is 0 Å². The van der Waals surface area contributed by atoms with Gasteiger partial charge >= 0.3 is 0 Å². The maximum absolute atomic E-state index is 13.2. The Labute approximate surface area is 201 Å². The van der Waals surface area contributed by atoms with E-state index in [0.717, 1.165) is 22.2 Å². The minimum atomic E-state index is -3.76. The van der Waals surface area contributed by atoms with Gasteiger partial charge in [-0.1, -0.05) is 42.5 Å². The number of hydrogen-bond donors (Lipinski definition) is 1. The fourth-order valence-electron chi connectivity index (χ4n) is 3.85. The molecule has 8 nitrogen and oxygen atoms in total. The van der Waals surface area contributed by atoms with Crippen LogP contribution in [-0.4, -0.2) is 39.5 Å². The van der Waals surface area contributed by atoms with E-state index in [1.54, 1.807) is 47.7 Å². The van der Waals surface area contributed by atoms with Gasteiger partial charge in [-0.05, 0) is 36.4 Å². The number of pyridine rings is 1. The van der Waals surface area contributed by atoms with Crippen LogP contribution in [0.1, 0.15) is 17.0 Å². The largest absolute Gasteiger partial charge is 0.264 e. The molecule has 3 aromatic heterocycles. The highest BCUT2D eigenvalue weighted by molar-refractivity contribution is 7.97. The predicted molar refractivity (Wildman–Crippen MR) is 134 cm³/mol. The summed E-state index contributed by atoms with van der Waals surface area (Å²) in [6.45, 7) is 1.94. The summed E-state index contributed by atoms with van der Waals surface area (Å²) < 4.78 is 30.8. The molecule has 0 aliphatic heterocycles. The zero-order chi connectivity index (χ0) is 23.7. The standard InChI is InChI=1S/C24H22N6O2S2/c1-16-9-10-18(12-21(16)34(31,32)26-14-17-6-5-11-25-13-17)23-19-7-3-4-8-20(19)24-28-27-22(15-33-2)30(24)29-23/h3-13,26H,14-15H2,1-2H3. The Morgan fingerprint density at radius 2 is 1.85 bits per heavy atom. The van der Waals surface area contributed by atoms with Gasteiger partial charge in [0.1, 0.15) is 0 Å². The van der Waals surface area contributed by atoms with Gasteiger partial charge in [-0.25, -0.2) is 13.1 Å². The zero-order valence-electron chi connectivity index (χ0n) is 18.6. The van der Waals surface area contributed by atoms with Gasteiger partial charge < -0.3 is 0 Å². The summed E-state index contributed by atoms with van der Waals surface area (Å²) in [5.74, 6) is 1.41. The van der Waals surface area contributed by atoms with Crippen molar-refractivity contribution in [3.63, 3.8) is 0 Å². The van der Waals surface area contributed by atoms with Crippen molar-refractivity contribution in [3.8, 4) is 11.3 Å². The molecule has 0 saturated heterocycles. The number of rotatable bonds is 7. The SMILES string of the molecule is CSCc1nnc2c3ccccc3c(-c3ccc(C)c(S(=O)(=O)NCc4cccnc4)c3)nn12. The normalized spacial score (nSPS) is 11.9. The highest BCUT2D eigenvalue weighted by Crippen LogP contribution is 2.31. The molecule has 0 radical (unpaired) electrons. The molecule has 0 aliphatic rings. The molecular weight excluding hydrogens is 468 g/mol. The van der Waals surface area contributed by atoms with E-state index >= 15 is 0 Å². The molecule has 0 bridgehead atoms. The van der Waals surface area contributed by atoms with E-state index in [0.29, 0.717) is 28.2 Å². The Kier molecular flexibility index (Phi) is 6.03. The van der Waals surface area contributed by atoms with Crippen molar-refractivity contribution < 1.29 is 8.42 Å². The van der Waals surface area contributed by atoms with Crippen molar-refractivity contribution in [3.05, 3.63) is 83.9 Å². The molecule has 0 unspecified atom stereocenters. The van der Waals surface area contributed by atoms with Crippen molar-refractivity contribution in [1.82, 2.24) is 29.5 Å². The molecule has 0 amide bonds. The minimum Gasteiger partial charge on any atom is -0.264 e. The fourth-order valence-corrected chi connectivity index (χ4v) is 5.58. The van der Waals surface area contributed by atoms with Crippen molar-refractivity contribution in [2.24, 2.45) is 0 Å². The van der Waals surface area contributed by atoms with Gasteiger partial charge in [0.15, 0.2) is 11.5 Å². The summed E-state index contributed by atoms with van der Waals surface area (Å²) in [7, 11) is -3.76. The Hall–Kier alpha value is -3.34. The number of sulfonamides is 1. The van der Waals surface area contributed by atoms with Gasteiger partial charge in [0.2, 0.25) is 10.0 Å². The number of aromatic nitrogens is 5. The number of fused-ring (bicyclic) bond motifs is 3. The van der Waals surface area contributed by atoms with E-state index in [-0.39, 0.29) is 11.4 Å². The van der Waals surface area contributed by atoms with Gasteiger partial charge in [-0.2, -0.15) is 21.4 Å². The van der Waals surface area contributed by atoms with Gasteiger partial charge in [-0.15, -0.1) is 10.2 Å². The lowest BCUT2D eigenvalue weighted by atomic mass is 10.0. The summed E-state index contributed by atoms with van der Waals surface area (Å²) in [6, 6.07) is 16.8. The van der Waals surface area contributed by atoms with Crippen molar-refractivity contribution in [2.45, 2.75) is 24.1 Å². The minimum absolute atomic E-state index is 0.158. The molecule has 1 N–H and O–H groups in total. The first-order chi connectivity index (χ1) is 16.5. The van der Waals surface area contributed by atoms with Crippen LogP contribution < -0.4 is 4.72 Å². The van der Waals surface area contributed by atoms with Crippen LogP contribution in [0, 0.1) is 6.92 Å². The molecule has 5 rings (SSSR count). The molecule has 2 aromatic carbocycles. The number of nitrogens with one attached hydrogen (secondary N) is 1. The third-order valence-electron chi connectivity index (χ3n) is 5.54. The van der Waals surface area contributed by atoms with Crippen LogP contribution in [0.4, 0.5) is 0 Å². The lowest BCUT2D eigenvalue weighted by Gasteiger charge is -2.13. The number of nitrogens with zero attached hydrogens (tertiary/aromatic N) is 5. The van der Waals surface area contributed by atoms with Crippen LogP contribution in [-0.2, 0) is 22.3 Å². The molecule has 0 atom stereocenters. The van der Waals surface area contributed by atoms with Gasteiger partial charge in [-0.3, -0.25) is 4.98 Å². The highest BCUT2D eigenvalue weighted by Gasteiger charge is 2.20. The molecule has 3 heterocycles. The van der Waals surface area contributed by atoms with E-state index < -0.39 is 10.0 Å². The van der Waals surface area contributed by atoms with Crippen LogP contribution in [0.2, 0.25) is 0 Å². The summed E-state index contributed by atoms with van der Waals surface area (Å²) in [5, 5.41) is 15.3. The van der Waals surface area contributed by atoms with Crippen LogP contribution in [0.25, 0.3) is 27.7 Å². The van der Waals surface area contributed by atoms with Crippen LogP contribution in [0.15, 0.2) is 71.9 Å². The second-order valence-electron chi connectivity index (χ2n) is 7.84. The quantitative estimate of drug-likeness (QED) is 0.368.